The maximum absolute atomic E-state index is 12.7. The largest absolute Gasteiger partial charge is 0.416 e. The summed E-state index contributed by atoms with van der Waals surface area (Å²) < 4.78 is 38.1. The van der Waals surface area contributed by atoms with Crippen LogP contribution >= 0.6 is 0 Å². The molecule has 2 atom stereocenters. The van der Waals surface area contributed by atoms with Gasteiger partial charge in [0, 0.05) is 24.7 Å². The van der Waals surface area contributed by atoms with Gasteiger partial charge in [0.1, 0.15) is 0 Å². The molecular weight excluding hydrogens is 329 g/mol. The minimum absolute atomic E-state index is 0.181. The second-order valence-electron chi connectivity index (χ2n) is 7.27. The number of alkyl halides is 3. The molecule has 1 saturated heterocycles. The van der Waals surface area contributed by atoms with Crippen LogP contribution in [0.1, 0.15) is 53.6 Å². The molecule has 1 saturated carbocycles. The number of nitrogens with two attached hydrogens (primary N) is 1. The number of H-pyrrole nitrogens is 1. The van der Waals surface area contributed by atoms with Crippen molar-refractivity contribution in [1.29, 1.82) is 0 Å². The first kappa shape index (κ1) is 16.6. The topological polar surface area (TPSA) is 66.7 Å². The molecule has 2 unspecified atom stereocenters. The van der Waals surface area contributed by atoms with E-state index in [9.17, 15) is 13.2 Å². The summed E-state index contributed by atoms with van der Waals surface area (Å²) in [6.45, 7) is 1.60. The standard InChI is InChI=1S/C18H21F3N4/c19-18(20,21)14-3-1-11(2-4-14)12-7-13(10-23-9-12)15-8-16(25-24-15)17(22)5-6-17/h1-4,8,12-13,23H,5-7,9-10,22H2,(H,24,25). The molecule has 1 aliphatic carbocycles. The van der Waals surface area contributed by atoms with E-state index in [1.165, 1.54) is 12.1 Å². The van der Waals surface area contributed by atoms with Gasteiger partial charge in [-0.3, -0.25) is 5.10 Å². The van der Waals surface area contributed by atoms with Crippen molar-refractivity contribution in [2.75, 3.05) is 13.1 Å². The first-order valence-corrected chi connectivity index (χ1v) is 8.58. The van der Waals surface area contributed by atoms with Gasteiger partial charge in [0.15, 0.2) is 0 Å². The average molecular weight is 350 g/mol. The smallest absolute Gasteiger partial charge is 0.320 e. The van der Waals surface area contributed by atoms with Crippen molar-refractivity contribution in [2.45, 2.75) is 42.8 Å². The van der Waals surface area contributed by atoms with Gasteiger partial charge in [-0.15, -0.1) is 0 Å². The molecule has 2 heterocycles. The molecule has 1 aromatic carbocycles. The van der Waals surface area contributed by atoms with E-state index in [2.05, 4.69) is 21.6 Å². The summed E-state index contributed by atoms with van der Waals surface area (Å²) in [6.07, 6.45) is -1.49. The van der Waals surface area contributed by atoms with Gasteiger partial charge < -0.3 is 11.1 Å². The molecule has 4 nitrogen and oxygen atoms in total. The fourth-order valence-electron chi connectivity index (χ4n) is 3.57. The molecule has 4 rings (SSSR count). The summed E-state index contributed by atoms with van der Waals surface area (Å²) in [7, 11) is 0. The van der Waals surface area contributed by atoms with Gasteiger partial charge in [0.25, 0.3) is 0 Å². The summed E-state index contributed by atoms with van der Waals surface area (Å²) in [5.74, 6) is 0.435. The van der Waals surface area contributed by atoms with Crippen molar-refractivity contribution < 1.29 is 13.2 Å². The molecular formula is C18H21F3N4. The highest BCUT2D eigenvalue weighted by molar-refractivity contribution is 5.30. The number of benzene rings is 1. The van der Waals surface area contributed by atoms with Crippen LogP contribution in [0.2, 0.25) is 0 Å². The lowest BCUT2D eigenvalue weighted by Gasteiger charge is -2.30. The zero-order valence-corrected chi connectivity index (χ0v) is 13.7. The first-order chi connectivity index (χ1) is 11.9. The van der Waals surface area contributed by atoms with Crippen LogP contribution in [0.15, 0.2) is 30.3 Å². The normalized spacial score (nSPS) is 25.8. The van der Waals surface area contributed by atoms with Crippen LogP contribution in [0, 0.1) is 0 Å². The van der Waals surface area contributed by atoms with Gasteiger partial charge >= 0.3 is 6.18 Å². The molecule has 134 valence electrons. The van der Waals surface area contributed by atoms with Crippen molar-refractivity contribution in [3.05, 3.63) is 52.8 Å². The Bertz CT molecular complexity index is 746. The second-order valence-corrected chi connectivity index (χ2v) is 7.27. The minimum atomic E-state index is -4.29. The highest BCUT2D eigenvalue weighted by Gasteiger charge is 2.42. The number of piperidine rings is 1. The number of halogens is 3. The molecule has 2 aliphatic rings. The van der Waals surface area contributed by atoms with Crippen LogP contribution in [0.4, 0.5) is 13.2 Å². The monoisotopic (exact) mass is 350 g/mol. The van der Waals surface area contributed by atoms with Crippen molar-refractivity contribution in [3.63, 3.8) is 0 Å². The number of nitrogens with zero attached hydrogens (tertiary/aromatic N) is 1. The fraction of sp³-hybridized carbons (Fsp3) is 0.500. The number of aromatic amines is 1. The molecule has 1 aliphatic heterocycles. The number of hydrogen-bond acceptors (Lipinski definition) is 3. The Kier molecular flexibility index (Phi) is 3.88. The third kappa shape index (κ3) is 3.30. The molecule has 1 aromatic heterocycles. The molecule has 2 fully saturated rings. The average Bonchev–Trinajstić information content (AvgIpc) is 3.15. The van der Waals surface area contributed by atoms with E-state index >= 15 is 0 Å². The van der Waals surface area contributed by atoms with Gasteiger partial charge in [-0.05, 0) is 48.9 Å². The van der Waals surface area contributed by atoms with Crippen LogP contribution in [-0.4, -0.2) is 23.3 Å². The van der Waals surface area contributed by atoms with Gasteiger partial charge in [0.2, 0.25) is 0 Å². The molecule has 2 aromatic rings. The molecule has 25 heavy (non-hydrogen) atoms. The van der Waals surface area contributed by atoms with Gasteiger partial charge in [-0.2, -0.15) is 18.3 Å². The quantitative estimate of drug-likeness (QED) is 0.796. The predicted molar refractivity (Wildman–Crippen MR) is 88.1 cm³/mol. The lowest BCUT2D eigenvalue weighted by molar-refractivity contribution is -0.137. The first-order valence-electron chi connectivity index (χ1n) is 8.58. The van der Waals surface area contributed by atoms with Crippen LogP contribution in [0.3, 0.4) is 0 Å². The van der Waals surface area contributed by atoms with Crippen molar-refractivity contribution in [2.24, 2.45) is 5.73 Å². The van der Waals surface area contributed by atoms with Crippen molar-refractivity contribution >= 4 is 0 Å². The lowest BCUT2D eigenvalue weighted by Crippen LogP contribution is -2.34. The maximum Gasteiger partial charge on any atom is 0.416 e. The fourth-order valence-corrected chi connectivity index (χ4v) is 3.57. The lowest BCUT2D eigenvalue weighted by atomic mass is 9.83. The van der Waals surface area contributed by atoms with Gasteiger partial charge in [-0.25, -0.2) is 0 Å². The Hall–Kier alpha value is -1.86. The van der Waals surface area contributed by atoms with Crippen molar-refractivity contribution in [3.8, 4) is 0 Å². The van der Waals surface area contributed by atoms with Gasteiger partial charge in [0.05, 0.1) is 16.8 Å². The third-order valence-electron chi connectivity index (χ3n) is 5.40. The Morgan fingerprint density at radius 2 is 1.76 bits per heavy atom. The van der Waals surface area contributed by atoms with Crippen LogP contribution in [0.5, 0.6) is 0 Å². The Labute approximate surface area is 144 Å². The van der Waals surface area contributed by atoms with Crippen LogP contribution in [0.25, 0.3) is 0 Å². The summed E-state index contributed by atoms with van der Waals surface area (Å²) in [5.41, 5.74) is 8.22. The predicted octanol–water partition coefficient (Wildman–Crippen LogP) is 3.24. The number of hydrogen-bond donors (Lipinski definition) is 3. The SMILES string of the molecule is NC1(c2cc(C3CNCC(c4ccc(C(F)(F)F)cc4)C3)[nH]n2)CC1. The number of rotatable bonds is 3. The minimum Gasteiger partial charge on any atom is -0.320 e. The zero-order valence-electron chi connectivity index (χ0n) is 13.7. The summed E-state index contributed by atoms with van der Waals surface area (Å²) >= 11 is 0. The molecule has 0 spiro atoms. The number of nitrogens with one attached hydrogen (secondary N) is 2. The van der Waals surface area contributed by atoms with E-state index in [0.29, 0.717) is 0 Å². The molecule has 0 radical (unpaired) electrons. The molecule has 4 N–H and O–H groups in total. The van der Waals surface area contributed by atoms with Crippen LogP contribution in [-0.2, 0) is 11.7 Å². The summed E-state index contributed by atoms with van der Waals surface area (Å²) in [6, 6.07) is 7.57. The molecule has 7 heteroatoms. The highest BCUT2D eigenvalue weighted by atomic mass is 19.4. The van der Waals surface area contributed by atoms with E-state index in [0.717, 1.165) is 49.3 Å². The molecule has 0 bridgehead atoms. The second kappa shape index (κ2) is 5.85. The zero-order chi connectivity index (χ0) is 17.7. The summed E-state index contributed by atoms with van der Waals surface area (Å²) in [4.78, 5) is 0. The van der Waals surface area contributed by atoms with Gasteiger partial charge in [-0.1, -0.05) is 12.1 Å². The Balaban J connectivity index is 1.48. The summed E-state index contributed by atoms with van der Waals surface area (Å²) in [5, 5.41) is 10.9. The van der Waals surface area contributed by atoms with E-state index in [1.807, 2.05) is 0 Å². The molecule has 0 amide bonds. The van der Waals surface area contributed by atoms with Crippen LogP contribution < -0.4 is 11.1 Å². The number of aromatic nitrogens is 2. The van der Waals surface area contributed by atoms with E-state index < -0.39 is 11.7 Å². The highest BCUT2D eigenvalue weighted by Crippen LogP contribution is 2.43. The van der Waals surface area contributed by atoms with Crippen molar-refractivity contribution in [1.82, 2.24) is 15.5 Å². The Morgan fingerprint density at radius 1 is 1.08 bits per heavy atom. The Morgan fingerprint density at radius 3 is 2.40 bits per heavy atom. The maximum atomic E-state index is 12.7. The van der Waals surface area contributed by atoms with E-state index in [-0.39, 0.29) is 17.4 Å². The van der Waals surface area contributed by atoms with E-state index in [1.54, 1.807) is 12.1 Å². The van der Waals surface area contributed by atoms with E-state index in [4.69, 9.17) is 5.73 Å². The third-order valence-corrected chi connectivity index (χ3v) is 5.40.